The summed E-state index contributed by atoms with van der Waals surface area (Å²) in [5, 5.41) is 19.0. The third-order valence-electron chi connectivity index (χ3n) is 1.38. The summed E-state index contributed by atoms with van der Waals surface area (Å²) in [6, 6.07) is 9.09. The molecule has 0 saturated carbocycles. The smallest absolute Gasteiger partial charge is 0.119 e. The van der Waals surface area contributed by atoms with E-state index in [4.69, 9.17) is 9.84 Å². The number of hydrogen-bond donors (Lipinski definition) is 1. The maximum Gasteiger partial charge on any atom is 0.119 e. The maximum absolute atomic E-state index is 10.1. The number of para-hydroxylation sites is 1. The van der Waals surface area contributed by atoms with Gasteiger partial charge in [-0.2, -0.15) is 0 Å². The van der Waals surface area contributed by atoms with Gasteiger partial charge >= 0.3 is 0 Å². The van der Waals surface area contributed by atoms with Crippen molar-refractivity contribution in [3.05, 3.63) is 30.3 Å². The highest BCUT2D eigenvalue weighted by Crippen LogP contribution is 2.08. The van der Waals surface area contributed by atoms with Crippen molar-refractivity contribution in [3.63, 3.8) is 0 Å². The van der Waals surface area contributed by atoms with E-state index in [0.717, 1.165) is 0 Å². The molecule has 0 spiro atoms. The Balaban J connectivity index is 2.33. The monoisotopic (exact) mass is 167 g/mol. The first-order valence-corrected chi connectivity index (χ1v) is 3.77. The normalized spacial score (nSPS) is 12.5. The molecule has 0 saturated heterocycles. The van der Waals surface area contributed by atoms with E-state index in [0.29, 0.717) is 5.75 Å². The zero-order valence-corrected chi connectivity index (χ0v) is 6.64. The summed E-state index contributed by atoms with van der Waals surface area (Å²) in [6.45, 7) is -0.458. The molecule has 0 fully saturated rings. The van der Waals surface area contributed by atoms with Crippen LogP contribution in [0, 0.1) is 0 Å². The van der Waals surface area contributed by atoms with E-state index in [2.05, 4.69) is 0 Å². The first kappa shape index (κ1) is 9.03. The number of ether oxygens (including phenoxy) is 1. The zero-order valence-electron chi connectivity index (χ0n) is 6.64. The predicted octanol–water partition coefficient (Wildman–Crippen LogP) is 0.857. The fourth-order valence-corrected chi connectivity index (χ4v) is 0.757. The van der Waals surface area contributed by atoms with E-state index in [1.807, 2.05) is 18.2 Å². The molecular weight excluding hydrogens is 156 g/mol. The van der Waals surface area contributed by atoms with Crippen molar-refractivity contribution in [3.8, 4) is 5.75 Å². The fourth-order valence-electron chi connectivity index (χ4n) is 0.757. The molecule has 1 aromatic rings. The lowest BCUT2D eigenvalue weighted by Gasteiger charge is -2.08. The topological polar surface area (TPSA) is 49.4 Å². The molecule has 12 heavy (non-hydrogen) atoms. The number of rotatable bonds is 4. The summed E-state index contributed by atoms with van der Waals surface area (Å²) in [5.74, 6) is 0.671. The van der Waals surface area contributed by atoms with Crippen LogP contribution in [0.15, 0.2) is 30.3 Å². The molecule has 3 heteroatoms. The van der Waals surface area contributed by atoms with E-state index < -0.39 is 12.7 Å². The molecule has 1 unspecified atom stereocenters. The molecule has 65 valence electrons. The van der Waals surface area contributed by atoms with Gasteiger partial charge in [0.05, 0.1) is 0 Å². The van der Waals surface area contributed by atoms with Crippen LogP contribution in [0.5, 0.6) is 5.75 Å². The molecule has 1 aromatic carbocycles. The molecule has 0 aliphatic carbocycles. The summed E-state index contributed by atoms with van der Waals surface area (Å²) in [4.78, 5) is 0. The Labute approximate surface area is 71.2 Å². The largest absolute Gasteiger partial charge is 0.491 e. The van der Waals surface area contributed by atoms with Crippen molar-refractivity contribution in [2.24, 2.45) is 0 Å². The Kier molecular flexibility index (Phi) is 3.57. The number of aliphatic hydroxyl groups excluding tert-OH is 1. The Hall–Kier alpha value is -1.06. The minimum absolute atomic E-state index is 0.0630. The molecule has 1 radical (unpaired) electrons. The third-order valence-corrected chi connectivity index (χ3v) is 1.38. The van der Waals surface area contributed by atoms with Crippen LogP contribution in [0.3, 0.4) is 0 Å². The van der Waals surface area contributed by atoms with Crippen molar-refractivity contribution in [2.75, 3.05) is 13.2 Å². The summed E-state index contributed by atoms with van der Waals surface area (Å²) in [6.07, 6.45) is -0.912. The molecule has 0 bridgehead atoms. The van der Waals surface area contributed by atoms with E-state index >= 15 is 0 Å². The van der Waals surface area contributed by atoms with Crippen LogP contribution in [0.2, 0.25) is 0 Å². The first-order valence-electron chi connectivity index (χ1n) is 3.77. The lowest BCUT2D eigenvalue weighted by Crippen LogP contribution is -2.20. The summed E-state index contributed by atoms with van der Waals surface area (Å²) >= 11 is 0. The Bertz CT molecular complexity index is 210. The molecular formula is C9H11O3. The third kappa shape index (κ3) is 2.90. The average molecular weight is 167 g/mol. The van der Waals surface area contributed by atoms with Crippen LogP contribution < -0.4 is 4.74 Å². The van der Waals surface area contributed by atoms with Crippen molar-refractivity contribution < 1.29 is 14.9 Å². The highest BCUT2D eigenvalue weighted by molar-refractivity contribution is 5.20. The van der Waals surface area contributed by atoms with E-state index in [-0.39, 0.29) is 6.61 Å². The van der Waals surface area contributed by atoms with Gasteiger partial charge < -0.3 is 9.84 Å². The van der Waals surface area contributed by atoms with Gasteiger partial charge in [-0.05, 0) is 12.1 Å². The van der Waals surface area contributed by atoms with Gasteiger partial charge in [0, 0.05) is 0 Å². The second kappa shape index (κ2) is 4.74. The number of hydrogen-bond acceptors (Lipinski definition) is 2. The molecule has 1 N–H and O–H groups in total. The van der Waals surface area contributed by atoms with Gasteiger partial charge in [0.1, 0.15) is 25.1 Å². The second-order valence-corrected chi connectivity index (χ2v) is 2.44. The minimum Gasteiger partial charge on any atom is -0.491 e. The lowest BCUT2D eigenvalue weighted by atomic mass is 10.3. The molecule has 0 amide bonds. The van der Waals surface area contributed by atoms with Gasteiger partial charge in [-0.15, -0.1) is 0 Å². The lowest BCUT2D eigenvalue weighted by molar-refractivity contribution is 0.0246. The van der Waals surface area contributed by atoms with Gasteiger partial charge in [-0.25, -0.2) is 5.11 Å². The van der Waals surface area contributed by atoms with E-state index in [9.17, 15) is 5.11 Å². The van der Waals surface area contributed by atoms with E-state index in [1.54, 1.807) is 12.1 Å². The van der Waals surface area contributed by atoms with Crippen LogP contribution in [0.25, 0.3) is 0 Å². The molecule has 0 heterocycles. The van der Waals surface area contributed by atoms with Crippen LogP contribution in [-0.4, -0.2) is 24.4 Å². The Morgan fingerprint density at radius 1 is 1.33 bits per heavy atom. The van der Waals surface area contributed by atoms with Crippen molar-refractivity contribution in [1.29, 1.82) is 0 Å². The molecule has 3 nitrogen and oxygen atoms in total. The van der Waals surface area contributed by atoms with E-state index in [1.165, 1.54) is 0 Å². The number of benzene rings is 1. The van der Waals surface area contributed by atoms with Crippen LogP contribution in [0.1, 0.15) is 0 Å². The summed E-state index contributed by atoms with van der Waals surface area (Å²) in [7, 11) is 0. The average Bonchev–Trinajstić information content (AvgIpc) is 2.16. The van der Waals surface area contributed by atoms with Crippen LogP contribution in [0.4, 0.5) is 0 Å². The molecule has 0 aromatic heterocycles. The van der Waals surface area contributed by atoms with Crippen LogP contribution in [-0.2, 0) is 5.11 Å². The van der Waals surface area contributed by atoms with Gasteiger partial charge in [0.25, 0.3) is 0 Å². The number of aliphatic hydroxyl groups is 1. The van der Waals surface area contributed by atoms with Crippen molar-refractivity contribution in [1.82, 2.24) is 0 Å². The summed E-state index contributed by atoms with van der Waals surface area (Å²) < 4.78 is 5.11. The zero-order chi connectivity index (χ0) is 8.81. The highest BCUT2D eigenvalue weighted by Gasteiger charge is 2.02. The Morgan fingerprint density at radius 2 is 2.00 bits per heavy atom. The maximum atomic E-state index is 10.1. The van der Waals surface area contributed by atoms with Crippen molar-refractivity contribution in [2.45, 2.75) is 6.10 Å². The van der Waals surface area contributed by atoms with Gasteiger partial charge in [0.2, 0.25) is 0 Å². The fraction of sp³-hybridized carbons (Fsp3) is 0.333. The molecule has 0 aliphatic rings. The first-order chi connectivity index (χ1) is 5.83. The van der Waals surface area contributed by atoms with Gasteiger partial charge in [-0.1, -0.05) is 18.2 Å². The standard InChI is InChI=1S/C9H11O3/c10-6-8(11)7-12-9-4-2-1-3-5-9/h1-5,8,11H,6-7H2. The van der Waals surface area contributed by atoms with Gasteiger partial charge in [0.15, 0.2) is 0 Å². The minimum atomic E-state index is -0.912. The molecule has 0 aliphatic heterocycles. The quantitative estimate of drug-likeness (QED) is 0.722. The predicted molar refractivity (Wildman–Crippen MR) is 43.5 cm³/mol. The molecule has 1 atom stereocenters. The second-order valence-electron chi connectivity index (χ2n) is 2.44. The summed E-state index contributed by atoms with van der Waals surface area (Å²) in [5.41, 5.74) is 0. The highest BCUT2D eigenvalue weighted by atomic mass is 16.5. The van der Waals surface area contributed by atoms with Crippen molar-refractivity contribution >= 4 is 0 Å². The Morgan fingerprint density at radius 3 is 2.58 bits per heavy atom. The molecule has 1 rings (SSSR count). The SMILES string of the molecule is [O]CC(O)COc1ccccc1. The van der Waals surface area contributed by atoms with Gasteiger partial charge in [-0.3, -0.25) is 0 Å². The van der Waals surface area contributed by atoms with Crippen LogP contribution >= 0.6 is 0 Å².